The van der Waals surface area contributed by atoms with Crippen LogP contribution in [0.1, 0.15) is 40.0 Å². The lowest BCUT2D eigenvalue weighted by molar-refractivity contribution is -0.135. The van der Waals surface area contributed by atoms with E-state index in [9.17, 15) is 4.79 Å². The summed E-state index contributed by atoms with van der Waals surface area (Å²) in [5, 5.41) is 3.39. The van der Waals surface area contributed by atoms with Crippen LogP contribution in [0, 0.1) is 11.8 Å². The smallest absolute Gasteiger partial charge is 0.225 e. The highest BCUT2D eigenvalue weighted by Crippen LogP contribution is 2.19. The largest absolute Gasteiger partial charge is 0.345 e. The Morgan fingerprint density at radius 3 is 2.81 bits per heavy atom. The average molecular weight is 226 g/mol. The van der Waals surface area contributed by atoms with E-state index in [0.29, 0.717) is 17.9 Å². The van der Waals surface area contributed by atoms with Gasteiger partial charge in [0.15, 0.2) is 0 Å². The Labute approximate surface area is 99.6 Å². The maximum absolute atomic E-state index is 12.2. The van der Waals surface area contributed by atoms with Gasteiger partial charge in [-0.15, -0.1) is 0 Å². The number of nitrogens with one attached hydrogen (secondary N) is 1. The van der Waals surface area contributed by atoms with Gasteiger partial charge in [-0.05, 0) is 32.2 Å². The fraction of sp³-hybridized carbons (Fsp3) is 0.923. The van der Waals surface area contributed by atoms with Crippen LogP contribution < -0.4 is 5.32 Å². The van der Waals surface area contributed by atoms with Crippen molar-refractivity contribution in [3.63, 3.8) is 0 Å². The van der Waals surface area contributed by atoms with Crippen molar-refractivity contribution in [1.29, 1.82) is 0 Å². The summed E-state index contributed by atoms with van der Waals surface area (Å²) in [5.74, 6) is 1.19. The molecular formula is C13H26N2O. The molecule has 0 aromatic rings. The van der Waals surface area contributed by atoms with Gasteiger partial charge in [0.25, 0.3) is 0 Å². The van der Waals surface area contributed by atoms with E-state index in [2.05, 4.69) is 26.1 Å². The Hall–Kier alpha value is -0.570. The van der Waals surface area contributed by atoms with Crippen molar-refractivity contribution in [1.82, 2.24) is 10.2 Å². The highest BCUT2D eigenvalue weighted by atomic mass is 16.2. The first-order valence-electron chi connectivity index (χ1n) is 6.53. The third-order valence-corrected chi connectivity index (χ3v) is 3.63. The minimum atomic E-state index is 0.241. The zero-order valence-corrected chi connectivity index (χ0v) is 11.1. The van der Waals surface area contributed by atoms with Gasteiger partial charge < -0.3 is 10.2 Å². The summed E-state index contributed by atoms with van der Waals surface area (Å²) in [5.41, 5.74) is 0. The number of hydrogen-bond acceptors (Lipinski definition) is 2. The van der Waals surface area contributed by atoms with Crippen LogP contribution in [0.3, 0.4) is 0 Å². The number of amides is 1. The molecule has 1 saturated heterocycles. The van der Waals surface area contributed by atoms with Crippen LogP contribution in [0.5, 0.6) is 0 Å². The summed E-state index contributed by atoms with van der Waals surface area (Å²) >= 11 is 0. The molecule has 1 fully saturated rings. The molecule has 0 aromatic heterocycles. The third kappa shape index (κ3) is 3.78. The van der Waals surface area contributed by atoms with Gasteiger partial charge in [0, 0.05) is 25.6 Å². The van der Waals surface area contributed by atoms with Gasteiger partial charge in [-0.1, -0.05) is 20.3 Å². The van der Waals surface area contributed by atoms with Gasteiger partial charge in [-0.25, -0.2) is 0 Å². The van der Waals surface area contributed by atoms with Crippen molar-refractivity contribution in [2.24, 2.45) is 11.8 Å². The molecule has 1 amide bonds. The van der Waals surface area contributed by atoms with E-state index >= 15 is 0 Å². The molecule has 1 aliphatic heterocycles. The molecule has 1 aliphatic rings. The lowest BCUT2D eigenvalue weighted by Crippen LogP contribution is -2.43. The van der Waals surface area contributed by atoms with Gasteiger partial charge >= 0.3 is 0 Å². The van der Waals surface area contributed by atoms with Gasteiger partial charge in [0.1, 0.15) is 0 Å². The first-order valence-corrected chi connectivity index (χ1v) is 6.53. The molecule has 0 bridgehead atoms. The standard InChI is InChI=1S/C13H26N2O/c1-5-10(2)9-15(4)13(16)12-6-7-14-11(3)8-12/h10-12,14H,5-9H2,1-4H3. The molecule has 0 aliphatic carbocycles. The molecule has 3 heteroatoms. The predicted octanol–water partition coefficient (Wildman–Crippen LogP) is 1.88. The van der Waals surface area contributed by atoms with Gasteiger partial charge in [-0.2, -0.15) is 0 Å². The molecular weight excluding hydrogens is 200 g/mol. The molecule has 1 heterocycles. The molecule has 1 N–H and O–H groups in total. The van der Waals surface area contributed by atoms with Crippen molar-refractivity contribution >= 4 is 5.91 Å². The first kappa shape index (κ1) is 13.5. The molecule has 0 radical (unpaired) electrons. The second-order valence-electron chi connectivity index (χ2n) is 5.31. The van der Waals surface area contributed by atoms with E-state index in [-0.39, 0.29) is 5.92 Å². The van der Waals surface area contributed by atoms with Crippen LogP contribution in [-0.2, 0) is 4.79 Å². The average Bonchev–Trinajstić information content (AvgIpc) is 2.27. The molecule has 0 saturated carbocycles. The number of hydrogen-bond donors (Lipinski definition) is 1. The Morgan fingerprint density at radius 2 is 2.25 bits per heavy atom. The third-order valence-electron chi connectivity index (χ3n) is 3.63. The van der Waals surface area contributed by atoms with Crippen LogP contribution in [0.4, 0.5) is 0 Å². The Kier molecular flexibility index (Phi) is 5.26. The second-order valence-corrected chi connectivity index (χ2v) is 5.31. The van der Waals surface area contributed by atoms with E-state index in [0.717, 1.165) is 32.4 Å². The van der Waals surface area contributed by atoms with Crippen LogP contribution in [-0.4, -0.2) is 37.0 Å². The van der Waals surface area contributed by atoms with Crippen LogP contribution in [0.15, 0.2) is 0 Å². The maximum Gasteiger partial charge on any atom is 0.225 e. The zero-order valence-electron chi connectivity index (χ0n) is 11.1. The lowest BCUT2D eigenvalue weighted by Gasteiger charge is -2.31. The summed E-state index contributed by atoms with van der Waals surface area (Å²) in [6, 6.07) is 0.486. The number of rotatable bonds is 4. The monoisotopic (exact) mass is 226 g/mol. The van der Waals surface area contributed by atoms with Crippen molar-refractivity contribution in [3.05, 3.63) is 0 Å². The highest BCUT2D eigenvalue weighted by Gasteiger charge is 2.27. The number of carbonyl (C=O) groups is 1. The summed E-state index contributed by atoms with van der Waals surface area (Å²) in [4.78, 5) is 14.1. The van der Waals surface area contributed by atoms with Crippen molar-refractivity contribution in [2.75, 3.05) is 20.1 Å². The van der Waals surface area contributed by atoms with Gasteiger partial charge in [0.05, 0.1) is 0 Å². The lowest BCUT2D eigenvalue weighted by atomic mass is 9.92. The molecule has 94 valence electrons. The van der Waals surface area contributed by atoms with E-state index in [1.165, 1.54) is 0 Å². The van der Waals surface area contributed by atoms with Gasteiger partial charge in [-0.3, -0.25) is 4.79 Å². The highest BCUT2D eigenvalue weighted by molar-refractivity contribution is 5.78. The number of carbonyl (C=O) groups excluding carboxylic acids is 1. The molecule has 16 heavy (non-hydrogen) atoms. The zero-order chi connectivity index (χ0) is 12.1. The molecule has 3 unspecified atom stereocenters. The fourth-order valence-corrected chi connectivity index (χ4v) is 2.35. The van der Waals surface area contributed by atoms with E-state index in [1.807, 2.05) is 11.9 Å². The summed E-state index contributed by atoms with van der Waals surface area (Å²) in [6.45, 7) is 8.42. The molecule has 3 nitrogen and oxygen atoms in total. The number of piperidine rings is 1. The summed E-state index contributed by atoms with van der Waals surface area (Å²) in [6.07, 6.45) is 3.12. The van der Waals surface area contributed by atoms with Gasteiger partial charge in [0.2, 0.25) is 5.91 Å². The molecule has 0 spiro atoms. The van der Waals surface area contributed by atoms with Crippen molar-refractivity contribution < 1.29 is 4.79 Å². The summed E-state index contributed by atoms with van der Waals surface area (Å²) < 4.78 is 0. The molecule has 1 rings (SSSR count). The minimum absolute atomic E-state index is 0.241. The molecule has 3 atom stereocenters. The van der Waals surface area contributed by atoms with Crippen molar-refractivity contribution in [3.8, 4) is 0 Å². The maximum atomic E-state index is 12.2. The molecule has 0 aromatic carbocycles. The van der Waals surface area contributed by atoms with E-state index < -0.39 is 0 Å². The number of nitrogens with zero attached hydrogens (tertiary/aromatic N) is 1. The normalized spacial score (nSPS) is 27.5. The van der Waals surface area contributed by atoms with Crippen molar-refractivity contribution in [2.45, 2.75) is 46.1 Å². The Bertz CT molecular complexity index is 230. The predicted molar refractivity (Wildman–Crippen MR) is 67.3 cm³/mol. The first-order chi connectivity index (χ1) is 7.54. The second kappa shape index (κ2) is 6.24. The van der Waals surface area contributed by atoms with Crippen LogP contribution in [0.2, 0.25) is 0 Å². The SMILES string of the molecule is CCC(C)CN(C)C(=O)C1CCNC(C)C1. The Balaban J connectivity index is 2.43. The summed E-state index contributed by atoms with van der Waals surface area (Å²) in [7, 11) is 1.95. The fourth-order valence-electron chi connectivity index (χ4n) is 2.35. The minimum Gasteiger partial charge on any atom is -0.345 e. The topological polar surface area (TPSA) is 32.3 Å². The van der Waals surface area contributed by atoms with Crippen LogP contribution >= 0.6 is 0 Å². The van der Waals surface area contributed by atoms with Crippen LogP contribution in [0.25, 0.3) is 0 Å². The quantitative estimate of drug-likeness (QED) is 0.794. The van der Waals surface area contributed by atoms with E-state index in [4.69, 9.17) is 0 Å². The van der Waals surface area contributed by atoms with E-state index in [1.54, 1.807) is 0 Å². The Morgan fingerprint density at radius 1 is 1.56 bits per heavy atom.